The topological polar surface area (TPSA) is 18.5 Å². The molecule has 0 amide bonds. The van der Waals surface area contributed by atoms with Crippen LogP contribution in [0.15, 0.2) is 53.0 Å². The molecule has 2 aromatic carbocycles. The van der Waals surface area contributed by atoms with Crippen LogP contribution in [0.1, 0.15) is 5.56 Å². The molecule has 0 radical (unpaired) electrons. The van der Waals surface area contributed by atoms with Gasteiger partial charge in [0.1, 0.15) is 11.5 Å². The lowest BCUT2D eigenvalue weighted by atomic mass is 10.2. The zero-order valence-corrected chi connectivity index (χ0v) is 13.7. The summed E-state index contributed by atoms with van der Waals surface area (Å²) in [6.45, 7) is 0. The van der Waals surface area contributed by atoms with Crippen LogP contribution in [0, 0.1) is 12.3 Å². The van der Waals surface area contributed by atoms with Gasteiger partial charge in [-0.2, -0.15) is 0 Å². The molecule has 9 heteroatoms. The van der Waals surface area contributed by atoms with Gasteiger partial charge in [-0.1, -0.05) is 21.9 Å². The van der Waals surface area contributed by atoms with Crippen molar-refractivity contribution in [2.24, 2.45) is 0 Å². The van der Waals surface area contributed by atoms with Crippen LogP contribution < -0.4 is 9.47 Å². The number of rotatable bonds is 2. The number of alkyl halides is 6. The molecule has 0 heterocycles. The van der Waals surface area contributed by atoms with Crippen LogP contribution in [0.25, 0.3) is 0 Å². The van der Waals surface area contributed by atoms with E-state index >= 15 is 0 Å². The highest BCUT2D eigenvalue weighted by Crippen LogP contribution is 2.24. The molecule has 0 saturated heterocycles. The highest BCUT2D eigenvalue weighted by Gasteiger charge is 2.31. The monoisotopic (exact) mass is 426 g/mol. The summed E-state index contributed by atoms with van der Waals surface area (Å²) in [6, 6.07) is 10.5. The van der Waals surface area contributed by atoms with Crippen LogP contribution in [0.3, 0.4) is 0 Å². The first kappa shape index (κ1) is 20.7. The zero-order valence-electron chi connectivity index (χ0n) is 12.2. The molecule has 0 unspecified atom stereocenters. The summed E-state index contributed by atoms with van der Waals surface area (Å²) in [6.07, 6.45) is -4.26. The van der Waals surface area contributed by atoms with Crippen molar-refractivity contribution in [2.75, 3.05) is 0 Å². The number of benzene rings is 2. The predicted octanol–water partition coefficient (Wildman–Crippen LogP) is 5.91. The van der Waals surface area contributed by atoms with Crippen LogP contribution in [0.5, 0.6) is 11.5 Å². The van der Waals surface area contributed by atoms with E-state index in [1.807, 2.05) is 0 Å². The van der Waals surface area contributed by atoms with E-state index in [-0.39, 0.29) is 11.5 Å². The minimum Gasteiger partial charge on any atom is -0.406 e. The second-order valence-electron chi connectivity index (χ2n) is 4.22. The van der Waals surface area contributed by atoms with Crippen LogP contribution in [-0.4, -0.2) is 12.7 Å². The first-order valence-electron chi connectivity index (χ1n) is 6.32. The van der Waals surface area contributed by atoms with Gasteiger partial charge in [0.25, 0.3) is 0 Å². The third-order valence-electron chi connectivity index (χ3n) is 2.30. The van der Waals surface area contributed by atoms with Crippen LogP contribution in [0.2, 0.25) is 0 Å². The van der Waals surface area contributed by atoms with Gasteiger partial charge in [0.2, 0.25) is 0 Å². The summed E-state index contributed by atoms with van der Waals surface area (Å²) in [4.78, 5) is 0. The van der Waals surface area contributed by atoms with E-state index in [2.05, 4.69) is 31.3 Å². The van der Waals surface area contributed by atoms with Gasteiger partial charge in [-0.25, -0.2) is 0 Å². The first-order chi connectivity index (χ1) is 11.5. The second kappa shape index (κ2) is 8.67. The Balaban J connectivity index is 0.000000251. The Labute approximate surface area is 147 Å². The Morgan fingerprint density at radius 2 is 1.08 bits per heavy atom. The molecule has 134 valence electrons. The maximum absolute atomic E-state index is 11.7. The molecule has 2 nitrogen and oxygen atoms in total. The highest BCUT2D eigenvalue weighted by atomic mass is 79.9. The molecule has 0 aliphatic heterocycles. The van der Waals surface area contributed by atoms with Crippen molar-refractivity contribution in [3.63, 3.8) is 0 Å². The number of terminal acetylenes is 1. The Bertz CT molecular complexity index is 700. The van der Waals surface area contributed by atoms with E-state index < -0.39 is 12.7 Å². The van der Waals surface area contributed by atoms with Gasteiger partial charge in [0.05, 0.1) is 0 Å². The molecule has 0 atom stereocenters. The molecular formula is C16H9BrF6O2. The SMILES string of the molecule is C#Cc1ccc(OC(F)(F)F)cc1.FC(F)(F)Oc1ccc(Br)cc1. The molecular weight excluding hydrogens is 418 g/mol. The smallest absolute Gasteiger partial charge is 0.406 e. The number of halogens is 7. The third kappa shape index (κ3) is 9.52. The molecule has 0 spiro atoms. The third-order valence-corrected chi connectivity index (χ3v) is 2.83. The molecule has 25 heavy (non-hydrogen) atoms. The Morgan fingerprint density at radius 1 is 0.720 bits per heavy atom. The van der Waals surface area contributed by atoms with E-state index in [9.17, 15) is 26.3 Å². The molecule has 0 bridgehead atoms. The molecule has 0 aliphatic carbocycles. The predicted molar refractivity (Wildman–Crippen MR) is 81.9 cm³/mol. The van der Waals surface area contributed by atoms with E-state index in [0.29, 0.717) is 10.0 Å². The zero-order chi connectivity index (χ0) is 19.1. The van der Waals surface area contributed by atoms with Crippen LogP contribution >= 0.6 is 15.9 Å². The summed E-state index contributed by atoms with van der Waals surface area (Å²) in [5.41, 5.74) is 0.509. The van der Waals surface area contributed by atoms with E-state index in [0.717, 1.165) is 0 Å². The molecule has 0 N–H and O–H groups in total. The van der Waals surface area contributed by atoms with Gasteiger partial charge in [-0.3, -0.25) is 0 Å². The minimum absolute atomic E-state index is 0.217. The first-order valence-corrected chi connectivity index (χ1v) is 7.11. The van der Waals surface area contributed by atoms with Crippen molar-refractivity contribution in [1.82, 2.24) is 0 Å². The summed E-state index contributed by atoms with van der Waals surface area (Å²) in [5.74, 6) is 1.79. The van der Waals surface area contributed by atoms with Crippen LogP contribution in [-0.2, 0) is 0 Å². The maximum atomic E-state index is 11.7. The lowest BCUT2D eigenvalue weighted by Gasteiger charge is -2.07. The van der Waals surface area contributed by atoms with Crippen molar-refractivity contribution in [3.8, 4) is 23.8 Å². The van der Waals surface area contributed by atoms with E-state index in [1.54, 1.807) is 0 Å². The molecule has 0 fully saturated rings. The maximum Gasteiger partial charge on any atom is 0.573 e. The average Bonchev–Trinajstić information content (AvgIpc) is 2.48. The lowest BCUT2D eigenvalue weighted by Crippen LogP contribution is -2.16. The van der Waals surface area contributed by atoms with Crippen molar-refractivity contribution < 1.29 is 35.8 Å². The van der Waals surface area contributed by atoms with Gasteiger partial charge in [-0.05, 0) is 48.5 Å². The van der Waals surface area contributed by atoms with Crippen LogP contribution in [0.4, 0.5) is 26.3 Å². The fourth-order valence-corrected chi connectivity index (χ4v) is 1.65. The normalized spacial score (nSPS) is 11.0. The highest BCUT2D eigenvalue weighted by molar-refractivity contribution is 9.10. The summed E-state index contributed by atoms with van der Waals surface area (Å²) in [5, 5.41) is 0. The quantitative estimate of drug-likeness (QED) is 0.438. The van der Waals surface area contributed by atoms with Gasteiger partial charge < -0.3 is 9.47 Å². The summed E-state index contributed by atoms with van der Waals surface area (Å²) >= 11 is 3.09. The number of ether oxygens (including phenoxy) is 2. The molecule has 0 saturated carbocycles. The van der Waals surface area contributed by atoms with Gasteiger partial charge in [0, 0.05) is 10.0 Å². The lowest BCUT2D eigenvalue weighted by molar-refractivity contribution is -0.275. The molecule has 0 aromatic heterocycles. The summed E-state index contributed by atoms with van der Waals surface area (Å²) < 4.78 is 77.8. The largest absolute Gasteiger partial charge is 0.573 e. The van der Waals surface area contributed by atoms with Gasteiger partial charge in [0.15, 0.2) is 0 Å². The average molecular weight is 427 g/mol. The van der Waals surface area contributed by atoms with Gasteiger partial charge in [-0.15, -0.1) is 32.8 Å². The molecule has 2 rings (SSSR count). The van der Waals surface area contributed by atoms with Crippen molar-refractivity contribution in [1.29, 1.82) is 0 Å². The number of hydrogen-bond acceptors (Lipinski definition) is 2. The molecule has 0 aliphatic rings. The van der Waals surface area contributed by atoms with Gasteiger partial charge >= 0.3 is 12.7 Å². The minimum atomic E-state index is -4.66. The Kier molecular flexibility index (Phi) is 7.18. The standard InChI is InChI=1S/C9H5F3O.C7H4BrF3O/c1-2-7-3-5-8(6-4-7)13-9(10,11)12;8-5-1-3-6(4-2-5)12-7(9,10)11/h1,3-6H;1-4H. The van der Waals surface area contributed by atoms with E-state index in [4.69, 9.17) is 6.42 Å². The van der Waals surface area contributed by atoms with Crippen molar-refractivity contribution >= 4 is 15.9 Å². The fraction of sp³-hybridized carbons (Fsp3) is 0.125. The van der Waals surface area contributed by atoms with Crippen molar-refractivity contribution in [2.45, 2.75) is 12.7 Å². The Hall–Kier alpha value is -2.34. The molecule has 2 aromatic rings. The second-order valence-corrected chi connectivity index (χ2v) is 5.13. The number of hydrogen-bond donors (Lipinski definition) is 0. The fourth-order valence-electron chi connectivity index (χ4n) is 1.39. The van der Waals surface area contributed by atoms with E-state index in [1.165, 1.54) is 48.5 Å². The Morgan fingerprint density at radius 3 is 1.40 bits per heavy atom. The van der Waals surface area contributed by atoms with Crippen molar-refractivity contribution in [3.05, 3.63) is 58.6 Å². The summed E-state index contributed by atoms with van der Waals surface area (Å²) in [7, 11) is 0.